The van der Waals surface area contributed by atoms with Crippen LogP contribution >= 0.6 is 0 Å². The van der Waals surface area contributed by atoms with E-state index in [0.717, 1.165) is 10.6 Å². The summed E-state index contributed by atoms with van der Waals surface area (Å²) in [5.41, 5.74) is 1.26. The van der Waals surface area contributed by atoms with Crippen molar-refractivity contribution in [3.63, 3.8) is 0 Å². The average Bonchev–Trinajstić information content (AvgIpc) is 2.98. The Labute approximate surface area is 172 Å². The molecule has 30 heavy (non-hydrogen) atoms. The highest BCUT2D eigenvalue weighted by molar-refractivity contribution is 6.23. The summed E-state index contributed by atoms with van der Waals surface area (Å²) in [6, 6.07) is 4.03. The minimum Gasteiger partial charge on any atom is -0.450 e. The van der Waals surface area contributed by atoms with Crippen LogP contribution in [0.2, 0.25) is 0 Å². The monoisotopic (exact) mass is 414 g/mol. The molecule has 5 amide bonds. The first-order valence-electron chi connectivity index (χ1n) is 9.93. The molecule has 0 aliphatic carbocycles. The molecule has 1 aromatic rings. The third-order valence-electron chi connectivity index (χ3n) is 5.59. The van der Waals surface area contributed by atoms with Crippen LogP contribution in [0.25, 0.3) is 0 Å². The molecule has 4 rings (SSSR count). The maximum absolute atomic E-state index is 12.9. The molecule has 3 aliphatic heterocycles. The van der Waals surface area contributed by atoms with Gasteiger partial charge in [0.05, 0.1) is 17.7 Å². The fourth-order valence-electron chi connectivity index (χ4n) is 4.02. The van der Waals surface area contributed by atoms with Crippen LogP contribution in [0.1, 0.15) is 40.5 Å². The molecule has 0 spiro atoms. The number of hydrogen-bond acceptors (Lipinski definition) is 7. The Kier molecular flexibility index (Phi) is 5.15. The number of piperidine rings is 1. The number of fused-ring (bicyclic) bond motifs is 1. The fourth-order valence-corrected chi connectivity index (χ4v) is 4.02. The van der Waals surface area contributed by atoms with Crippen LogP contribution in [-0.2, 0) is 14.3 Å². The van der Waals surface area contributed by atoms with Crippen LogP contribution in [0.15, 0.2) is 18.2 Å². The van der Waals surface area contributed by atoms with Crippen molar-refractivity contribution in [2.45, 2.75) is 25.8 Å². The van der Waals surface area contributed by atoms with Crippen molar-refractivity contribution in [1.29, 1.82) is 0 Å². The van der Waals surface area contributed by atoms with E-state index in [1.165, 1.54) is 0 Å². The molecular formula is C20H22N4O6. The van der Waals surface area contributed by atoms with E-state index in [1.54, 1.807) is 30.0 Å². The molecule has 10 heteroatoms. The van der Waals surface area contributed by atoms with Crippen LogP contribution < -0.4 is 10.2 Å². The van der Waals surface area contributed by atoms with E-state index in [-0.39, 0.29) is 30.1 Å². The molecule has 2 fully saturated rings. The van der Waals surface area contributed by atoms with Crippen molar-refractivity contribution < 1.29 is 28.7 Å². The molecule has 1 N–H and O–H groups in total. The Morgan fingerprint density at radius 2 is 1.77 bits per heavy atom. The molecule has 1 aromatic carbocycles. The first-order chi connectivity index (χ1) is 14.4. The molecule has 0 radical (unpaired) electrons. The maximum Gasteiger partial charge on any atom is 0.409 e. The predicted molar refractivity (Wildman–Crippen MR) is 104 cm³/mol. The quantitative estimate of drug-likeness (QED) is 0.710. The number of hydrogen-bond donors (Lipinski definition) is 1. The zero-order valence-electron chi connectivity index (χ0n) is 16.6. The number of rotatable bonds is 3. The molecule has 0 saturated carbocycles. The lowest BCUT2D eigenvalue weighted by Gasteiger charge is -2.35. The fraction of sp³-hybridized carbons (Fsp3) is 0.450. The van der Waals surface area contributed by atoms with E-state index < -0.39 is 29.7 Å². The minimum absolute atomic E-state index is 0.0831. The van der Waals surface area contributed by atoms with Crippen LogP contribution in [0.4, 0.5) is 10.5 Å². The van der Waals surface area contributed by atoms with Crippen LogP contribution in [-0.4, -0.2) is 78.3 Å². The first kappa shape index (κ1) is 19.9. The minimum atomic E-state index is -0.980. The van der Waals surface area contributed by atoms with E-state index in [2.05, 4.69) is 5.32 Å². The van der Waals surface area contributed by atoms with Gasteiger partial charge in [-0.15, -0.1) is 0 Å². The van der Waals surface area contributed by atoms with E-state index in [1.807, 2.05) is 4.90 Å². The number of benzene rings is 1. The van der Waals surface area contributed by atoms with Gasteiger partial charge in [0, 0.05) is 38.3 Å². The summed E-state index contributed by atoms with van der Waals surface area (Å²) in [6.45, 7) is 4.20. The van der Waals surface area contributed by atoms with Gasteiger partial charge in [-0.25, -0.2) is 4.79 Å². The average molecular weight is 414 g/mol. The number of amides is 5. The number of nitrogens with zero attached hydrogens (tertiary/aromatic N) is 3. The zero-order chi connectivity index (χ0) is 21.4. The lowest BCUT2D eigenvalue weighted by molar-refractivity contribution is -0.136. The summed E-state index contributed by atoms with van der Waals surface area (Å²) < 4.78 is 5.02. The van der Waals surface area contributed by atoms with Gasteiger partial charge in [0.2, 0.25) is 11.8 Å². The smallest absolute Gasteiger partial charge is 0.409 e. The van der Waals surface area contributed by atoms with Crippen LogP contribution in [0.5, 0.6) is 0 Å². The van der Waals surface area contributed by atoms with E-state index in [9.17, 15) is 24.0 Å². The lowest BCUT2D eigenvalue weighted by Crippen LogP contribution is -2.54. The number of carbonyl (C=O) groups is 5. The predicted octanol–water partition coefficient (Wildman–Crippen LogP) is 0.366. The Morgan fingerprint density at radius 1 is 1.07 bits per heavy atom. The van der Waals surface area contributed by atoms with Crippen molar-refractivity contribution in [1.82, 2.24) is 15.1 Å². The summed E-state index contributed by atoms with van der Waals surface area (Å²) in [5, 5.41) is 2.18. The van der Waals surface area contributed by atoms with E-state index >= 15 is 0 Å². The second-order valence-corrected chi connectivity index (χ2v) is 7.35. The van der Waals surface area contributed by atoms with Crippen molar-refractivity contribution in [3.05, 3.63) is 29.3 Å². The molecule has 0 aromatic heterocycles. The van der Waals surface area contributed by atoms with Crippen molar-refractivity contribution in [2.24, 2.45) is 0 Å². The second kappa shape index (κ2) is 7.77. The SMILES string of the molecule is CCOC(=O)N1CCN(c2ccc3c(c2)C(=O)N(C2CCC(=O)NC2=O)C3=O)CC1. The largest absolute Gasteiger partial charge is 0.450 e. The molecule has 3 aliphatic rings. The van der Waals surface area contributed by atoms with Gasteiger partial charge in [-0.05, 0) is 31.5 Å². The van der Waals surface area contributed by atoms with Gasteiger partial charge in [-0.2, -0.15) is 0 Å². The molecule has 3 heterocycles. The highest BCUT2D eigenvalue weighted by Gasteiger charge is 2.44. The number of nitrogens with one attached hydrogen (secondary N) is 1. The Hall–Kier alpha value is -3.43. The molecular weight excluding hydrogens is 392 g/mol. The second-order valence-electron chi connectivity index (χ2n) is 7.35. The third kappa shape index (κ3) is 3.38. The van der Waals surface area contributed by atoms with Crippen molar-refractivity contribution in [3.8, 4) is 0 Å². The highest BCUT2D eigenvalue weighted by Crippen LogP contribution is 2.31. The summed E-state index contributed by atoms with van der Waals surface area (Å²) in [5.74, 6) is -2.09. The maximum atomic E-state index is 12.9. The van der Waals surface area contributed by atoms with Gasteiger partial charge < -0.3 is 14.5 Å². The number of carbonyl (C=O) groups excluding carboxylic acids is 5. The lowest BCUT2D eigenvalue weighted by atomic mass is 10.0. The third-order valence-corrected chi connectivity index (χ3v) is 5.59. The highest BCUT2D eigenvalue weighted by atomic mass is 16.6. The number of anilines is 1. The number of imide groups is 2. The number of ether oxygens (including phenoxy) is 1. The van der Waals surface area contributed by atoms with Gasteiger partial charge >= 0.3 is 6.09 Å². The normalized spacial score (nSPS) is 21.6. The zero-order valence-corrected chi connectivity index (χ0v) is 16.6. The number of piperazine rings is 1. The summed E-state index contributed by atoms with van der Waals surface area (Å²) in [7, 11) is 0. The van der Waals surface area contributed by atoms with E-state index in [0.29, 0.717) is 32.8 Å². The summed E-state index contributed by atoms with van der Waals surface area (Å²) >= 11 is 0. The summed E-state index contributed by atoms with van der Waals surface area (Å²) in [6.07, 6.45) is -0.134. The molecule has 1 atom stereocenters. The van der Waals surface area contributed by atoms with Crippen LogP contribution in [0.3, 0.4) is 0 Å². The molecule has 158 valence electrons. The topological polar surface area (TPSA) is 116 Å². The van der Waals surface area contributed by atoms with Gasteiger partial charge in [0.1, 0.15) is 6.04 Å². The van der Waals surface area contributed by atoms with Gasteiger partial charge in [0.25, 0.3) is 11.8 Å². The van der Waals surface area contributed by atoms with Gasteiger partial charge in [0.15, 0.2) is 0 Å². The Bertz CT molecular complexity index is 937. The van der Waals surface area contributed by atoms with Crippen molar-refractivity contribution in [2.75, 3.05) is 37.7 Å². The van der Waals surface area contributed by atoms with Gasteiger partial charge in [-0.1, -0.05) is 0 Å². The van der Waals surface area contributed by atoms with Crippen LogP contribution in [0, 0.1) is 0 Å². The first-order valence-corrected chi connectivity index (χ1v) is 9.93. The van der Waals surface area contributed by atoms with Crippen molar-refractivity contribution >= 4 is 35.4 Å². The Balaban J connectivity index is 1.50. The summed E-state index contributed by atoms with van der Waals surface area (Å²) in [4.78, 5) is 65.7. The standard InChI is InChI=1S/C20H22N4O6/c1-2-30-20(29)23-9-7-22(8-10-23)12-3-4-13-14(11-12)19(28)24(18(13)27)15-5-6-16(25)21-17(15)26/h3-4,11,15H,2,5-10H2,1H3,(H,21,25,26). The molecule has 0 bridgehead atoms. The van der Waals surface area contributed by atoms with E-state index in [4.69, 9.17) is 4.74 Å². The molecule has 10 nitrogen and oxygen atoms in total. The Morgan fingerprint density at radius 3 is 2.43 bits per heavy atom. The van der Waals surface area contributed by atoms with Gasteiger partial charge in [-0.3, -0.25) is 29.4 Å². The molecule has 1 unspecified atom stereocenters. The molecule has 2 saturated heterocycles.